The molecule has 156 valence electrons. The van der Waals surface area contributed by atoms with Gasteiger partial charge in [0.2, 0.25) is 0 Å². The fraction of sp³-hybridized carbons (Fsp3) is 0.0435. The van der Waals surface area contributed by atoms with Crippen LogP contribution in [-0.4, -0.2) is 5.91 Å². The van der Waals surface area contributed by atoms with Gasteiger partial charge in [-0.2, -0.15) is 5.26 Å². The number of hydrogen-bond donors (Lipinski definition) is 1. The Bertz CT molecular complexity index is 1190. The zero-order valence-corrected chi connectivity index (χ0v) is 19.8. The summed E-state index contributed by atoms with van der Waals surface area (Å²) in [5.74, 6) is -0.433. The van der Waals surface area contributed by atoms with Crippen molar-refractivity contribution >= 4 is 61.1 Å². The lowest BCUT2D eigenvalue weighted by atomic mass is 10.1. The standard InChI is InChI=1S/C23H14Br2ClFN2O2/c24-19-9-14(8-16(12-28)23(30)29-18-6-3-5-17(26)11-18)10-20(25)22(19)31-13-15-4-1-2-7-21(15)27/h1-11H,13H2,(H,29,30)/b16-8+. The number of ether oxygens (including phenoxy) is 1. The van der Waals surface area contributed by atoms with Crippen molar-refractivity contribution in [2.24, 2.45) is 0 Å². The van der Waals surface area contributed by atoms with E-state index in [-0.39, 0.29) is 18.0 Å². The molecule has 3 aromatic carbocycles. The number of anilines is 1. The summed E-state index contributed by atoms with van der Waals surface area (Å²) in [5.41, 5.74) is 1.42. The molecule has 0 aromatic heterocycles. The second kappa shape index (κ2) is 10.6. The molecular formula is C23H14Br2ClFN2O2. The zero-order valence-electron chi connectivity index (χ0n) is 15.8. The monoisotopic (exact) mass is 562 g/mol. The average Bonchev–Trinajstić information content (AvgIpc) is 2.72. The lowest BCUT2D eigenvalue weighted by Gasteiger charge is -2.12. The fourth-order valence-electron chi connectivity index (χ4n) is 2.65. The highest BCUT2D eigenvalue weighted by atomic mass is 79.9. The van der Waals surface area contributed by atoms with Crippen molar-refractivity contribution in [1.82, 2.24) is 0 Å². The van der Waals surface area contributed by atoms with Crippen LogP contribution in [-0.2, 0) is 11.4 Å². The molecule has 3 aromatic rings. The number of amides is 1. The van der Waals surface area contributed by atoms with E-state index in [0.717, 1.165) is 0 Å². The highest BCUT2D eigenvalue weighted by Crippen LogP contribution is 2.36. The van der Waals surface area contributed by atoms with Crippen molar-refractivity contribution < 1.29 is 13.9 Å². The second-order valence-electron chi connectivity index (χ2n) is 6.33. The predicted octanol–water partition coefficient (Wildman–Crippen LogP) is 7.13. The van der Waals surface area contributed by atoms with E-state index in [1.165, 1.54) is 12.1 Å². The number of nitrogens with zero attached hydrogens (tertiary/aromatic N) is 1. The number of carbonyl (C=O) groups is 1. The van der Waals surface area contributed by atoms with Gasteiger partial charge in [0, 0.05) is 16.3 Å². The van der Waals surface area contributed by atoms with Gasteiger partial charge in [0.15, 0.2) is 0 Å². The van der Waals surface area contributed by atoms with E-state index in [1.807, 2.05) is 6.07 Å². The third kappa shape index (κ3) is 6.17. The first-order valence-electron chi connectivity index (χ1n) is 8.91. The number of benzene rings is 3. The number of rotatable bonds is 6. The normalized spacial score (nSPS) is 11.0. The first kappa shape index (κ1) is 23.0. The van der Waals surface area contributed by atoms with Crippen LogP contribution < -0.4 is 10.1 Å². The molecule has 8 heteroatoms. The number of nitriles is 1. The van der Waals surface area contributed by atoms with Crippen LogP contribution in [0.25, 0.3) is 6.08 Å². The van der Waals surface area contributed by atoms with Gasteiger partial charge in [-0.25, -0.2) is 4.39 Å². The molecule has 1 N–H and O–H groups in total. The van der Waals surface area contributed by atoms with Crippen LogP contribution in [0.5, 0.6) is 5.75 Å². The summed E-state index contributed by atoms with van der Waals surface area (Å²) < 4.78 is 20.7. The summed E-state index contributed by atoms with van der Waals surface area (Å²) in [6, 6.07) is 18.3. The summed E-state index contributed by atoms with van der Waals surface area (Å²) in [5, 5.41) is 12.5. The Morgan fingerprint density at radius 1 is 1.13 bits per heavy atom. The van der Waals surface area contributed by atoms with Crippen LogP contribution in [0.3, 0.4) is 0 Å². The van der Waals surface area contributed by atoms with E-state index >= 15 is 0 Å². The molecule has 0 radical (unpaired) electrons. The van der Waals surface area contributed by atoms with Gasteiger partial charge in [-0.15, -0.1) is 0 Å². The molecule has 1 amide bonds. The van der Waals surface area contributed by atoms with Crippen molar-refractivity contribution in [2.45, 2.75) is 6.61 Å². The largest absolute Gasteiger partial charge is 0.486 e. The molecule has 0 spiro atoms. The molecule has 0 bridgehead atoms. The van der Waals surface area contributed by atoms with Crippen molar-refractivity contribution in [3.63, 3.8) is 0 Å². The van der Waals surface area contributed by atoms with Gasteiger partial charge in [0.1, 0.15) is 29.8 Å². The molecule has 0 aliphatic heterocycles. The number of hydrogen-bond acceptors (Lipinski definition) is 3. The Hall–Kier alpha value is -2.66. The molecule has 0 aliphatic carbocycles. The number of carbonyl (C=O) groups excluding carboxylic acids is 1. The maximum atomic E-state index is 13.8. The Labute approximate surface area is 200 Å². The second-order valence-corrected chi connectivity index (χ2v) is 8.47. The number of nitrogens with one attached hydrogen (secondary N) is 1. The molecule has 0 aliphatic rings. The molecule has 31 heavy (non-hydrogen) atoms. The van der Waals surface area contributed by atoms with E-state index < -0.39 is 5.91 Å². The number of halogens is 4. The first-order chi connectivity index (χ1) is 14.9. The van der Waals surface area contributed by atoms with Crippen LogP contribution in [0.4, 0.5) is 10.1 Å². The molecule has 0 fully saturated rings. The van der Waals surface area contributed by atoms with Gasteiger partial charge in [-0.3, -0.25) is 4.79 Å². The quantitative estimate of drug-likeness (QED) is 0.256. The predicted molar refractivity (Wildman–Crippen MR) is 126 cm³/mol. The minimum atomic E-state index is -0.558. The Kier molecular flexibility index (Phi) is 7.85. The maximum Gasteiger partial charge on any atom is 0.266 e. The maximum absolute atomic E-state index is 13.8. The average molecular weight is 565 g/mol. The minimum Gasteiger partial charge on any atom is -0.486 e. The van der Waals surface area contributed by atoms with Crippen molar-refractivity contribution in [1.29, 1.82) is 5.26 Å². The first-order valence-corrected chi connectivity index (χ1v) is 10.9. The van der Waals surface area contributed by atoms with Crippen LogP contribution in [0.1, 0.15) is 11.1 Å². The van der Waals surface area contributed by atoms with Gasteiger partial charge in [0.05, 0.1) is 8.95 Å². The van der Waals surface area contributed by atoms with E-state index in [1.54, 1.807) is 54.6 Å². The van der Waals surface area contributed by atoms with Crippen molar-refractivity contribution in [3.8, 4) is 11.8 Å². The molecule has 4 nitrogen and oxygen atoms in total. The van der Waals surface area contributed by atoms with Crippen molar-refractivity contribution in [2.75, 3.05) is 5.32 Å². The summed E-state index contributed by atoms with van der Waals surface area (Å²) in [7, 11) is 0. The van der Waals surface area contributed by atoms with Gasteiger partial charge in [0.25, 0.3) is 5.91 Å². The van der Waals surface area contributed by atoms with Crippen LogP contribution >= 0.6 is 43.5 Å². The van der Waals surface area contributed by atoms with Crippen LogP contribution in [0.2, 0.25) is 5.02 Å². The zero-order chi connectivity index (χ0) is 22.4. The highest BCUT2D eigenvalue weighted by molar-refractivity contribution is 9.11. The topological polar surface area (TPSA) is 62.1 Å². The Balaban J connectivity index is 1.78. The molecule has 0 saturated heterocycles. The van der Waals surface area contributed by atoms with Gasteiger partial charge in [-0.05, 0) is 79.9 Å². The van der Waals surface area contributed by atoms with E-state index in [9.17, 15) is 14.4 Å². The fourth-order valence-corrected chi connectivity index (χ4v) is 4.29. The lowest BCUT2D eigenvalue weighted by Crippen LogP contribution is -2.13. The van der Waals surface area contributed by atoms with Crippen molar-refractivity contribution in [3.05, 3.63) is 97.1 Å². The van der Waals surface area contributed by atoms with E-state index in [0.29, 0.717) is 36.5 Å². The lowest BCUT2D eigenvalue weighted by molar-refractivity contribution is -0.112. The molecule has 0 unspecified atom stereocenters. The smallest absolute Gasteiger partial charge is 0.266 e. The molecule has 0 heterocycles. The van der Waals surface area contributed by atoms with Gasteiger partial charge in [-0.1, -0.05) is 35.9 Å². The SMILES string of the molecule is N#C/C(=C\c1cc(Br)c(OCc2ccccc2F)c(Br)c1)C(=O)Nc1cccc(Cl)c1. The Morgan fingerprint density at radius 2 is 1.84 bits per heavy atom. The molecule has 0 atom stereocenters. The van der Waals surface area contributed by atoms with Gasteiger partial charge < -0.3 is 10.1 Å². The molecular weight excluding hydrogens is 551 g/mol. The third-order valence-electron chi connectivity index (χ3n) is 4.11. The summed E-state index contributed by atoms with van der Waals surface area (Å²) in [6.45, 7) is 0.0462. The highest BCUT2D eigenvalue weighted by Gasteiger charge is 2.13. The van der Waals surface area contributed by atoms with Crippen LogP contribution in [0.15, 0.2) is 75.2 Å². The Morgan fingerprint density at radius 3 is 2.48 bits per heavy atom. The summed E-state index contributed by atoms with van der Waals surface area (Å²) >= 11 is 12.8. The summed E-state index contributed by atoms with van der Waals surface area (Å²) in [4.78, 5) is 12.5. The van der Waals surface area contributed by atoms with Crippen LogP contribution in [0, 0.1) is 17.1 Å². The van der Waals surface area contributed by atoms with E-state index in [2.05, 4.69) is 37.2 Å². The minimum absolute atomic E-state index is 0.0462. The molecule has 0 saturated carbocycles. The summed E-state index contributed by atoms with van der Waals surface area (Å²) in [6.07, 6.45) is 1.45. The van der Waals surface area contributed by atoms with E-state index in [4.69, 9.17) is 16.3 Å². The molecule has 3 rings (SSSR count). The van der Waals surface area contributed by atoms with Gasteiger partial charge >= 0.3 is 0 Å². The third-order valence-corrected chi connectivity index (χ3v) is 5.52.